The fourth-order valence-electron chi connectivity index (χ4n) is 8.94. The Bertz CT molecular complexity index is 2910. The van der Waals surface area contributed by atoms with Crippen molar-refractivity contribution < 1.29 is 0 Å². The summed E-state index contributed by atoms with van der Waals surface area (Å²) in [7, 11) is 0. The van der Waals surface area contributed by atoms with E-state index in [1.54, 1.807) is 0 Å². The minimum Gasteiger partial charge on any atom is -0.311 e. The molecule has 2 nitrogen and oxygen atoms in total. The van der Waals surface area contributed by atoms with E-state index in [2.05, 4.69) is 259 Å². The topological polar surface area (TPSA) is 6.48 Å². The fourth-order valence-corrected chi connectivity index (χ4v) is 8.94. The first-order chi connectivity index (χ1) is 31.5. The van der Waals surface area contributed by atoms with E-state index in [4.69, 9.17) is 6.58 Å². The maximum Gasteiger partial charge on any atom is 0.0491 e. The van der Waals surface area contributed by atoms with Gasteiger partial charge in [0, 0.05) is 34.1 Å². The molecule has 0 fully saturated rings. The lowest BCUT2D eigenvalue weighted by atomic mass is 9.91. The Balaban J connectivity index is 0.970. The van der Waals surface area contributed by atoms with Gasteiger partial charge in [-0.15, -0.1) is 0 Å². The second-order valence-corrected chi connectivity index (χ2v) is 16.8. The van der Waals surface area contributed by atoms with Gasteiger partial charge >= 0.3 is 0 Å². The van der Waals surface area contributed by atoms with Gasteiger partial charge < -0.3 is 9.80 Å². The van der Waals surface area contributed by atoms with Crippen LogP contribution >= 0.6 is 0 Å². The molecule has 0 aromatic heterocycles. The highest BCUT2D eigenvalue weighted by atomic mass is 15.2. The minimum atomic E-state index is 0.543. The Morgan fingerprint density at radius 2 is 0.750 bits per heavy atom. The average Bonchev–Trinajstić information content (AvgIpc) is 3.36. The van der Waals surface area contributed by atoms with Crippen LogP contribution < -0.4 is 9.80 Å². The summed E-state index contributed by atoms with van der Waals surface area (Å²) in [5.41, 5.74) is 19.8. The van der Waals surface area contributed by atoms with E-state index in [1.165, 1.54) is 55.7 Å². The molecule has 1 unspecified atom stereocenters. The number of nitrogens with zero attached hydrogens (tertiary/aromatic N) is 2. The number of rotatable bonds is 11. The third kappa shape index (κ3) is 8.60. The second-order valence-electron chi connectivity index (χ2n) is 16.8. The van der Waals surface area contributed by atoms with Crippen LogP contribution in [-0.4, -0.2) is 0 Å². The molecule has 0 amide bonds. The Hall–Kier alpha value is -7.94. The van der Waals surface area contributed by atoms with Crippen LogP contribution in [0.2, 0.25) is 0 Å². The number of allylic oxidation sites excluding steroid dienone is 8. The van der Waals surface area contributed by atoms with E-state index in [9.17, 15) is 0 Å². The third-order valence-electron chi connectivity index (χ3n) is 12.4. The Morgan fingerprint density at radius 1 is 0.391 bits per heavy atom. The molecule has 0 heterocycles. The van der Waals surface area contributed by atoms with Crippen LogP contribution in [0.15, 0.2) is 261 Å². The Labute approximate surface area is 378 Å². The molecule has 64 heavy (non-hydrogen) atoms. The van der Waals surface area contributed by atoms with Crippen LogP contribution in [0.3, 0.4) is 0 Å². The summed E-state index contributed by atoms with van der Waals surface area (Å²) in [5.74, 6) is 0.543. The molecule has 0 saturated carbocycles. The zero-order valence-corrected chi connectivity index (χ0v) is 36.2. The minimum absolute atomic E-state index is 0.543. The predicted molar refractivity (Wildman–Crippen MR) is 273 cm³/mol. The summed E-state index contributed by atoms with van der Waals surface area (Å²) < 4.78 is 0. The lowest BCUT2D eigenvalue weighted by Gasteiger charge is -2.31. The molecule has 0 aliphatic heterocycles. The van der Waals surface area contributed by atoms with E-state index in [-0.39, 0.29) is 0 Å². The van der Waals surface area contributed by atoms with Gasteiger partial charge in [-0.3, -0.25) is 0 Å². The first kappa shape index (κ1) is 40.2. The zero-order valence-electron chi connectivity index (χ0n) is 36.2. The van der Waals surface area contributed by atoms with Crippen LogP contribution in [0.5, 0.6) is 0 Å². The zero-order chi connectivity index (χ0) is 43.2. The van der Waals surface area contributed by atoms with Crippen molar-refractivity contribution in [1.82, 2.24) is 0 Å². The van der Waals surface area contributed by atoms with Gasteiger partial charge in [0.25, 0.3) is 0 Å². The SMILES string of the molecule is C=C1CC(c2ccc(N(c3ccc(-c4ccccc4)cc3)c3ccc(-c4ccccc4)cc3)cc2)=CC=C1N(c1ccc(C2=CC(C)CC=C2)cc1)c1ccc(-c2ccccc2)cc1. The highest BCUT2D eigenvalue weighted by Gasteiger charge is 2.22. The third-order valence-corrected chi connectivity index (χ3v) is 12.4. The van der Waals surface area contributed by atoms with Crippen LogP contribution in [-0.2, 0) is 0 Å². The molecule has 8 aromatic carbocycles. The van der Waals surface area contributed by atoms with Crippen molar-refractivity contribution in [1.29, 1.82) is 0 Å². The van der Waals surface area contributed by atoms with Gasteiger partial charge in [-0.2, -0.15) is 0 Å². The lowest BCUT2D eigenvalue weighted by Crippen LogP contribution is -2.19. The van der Waals surface area contributed by atoms with Crippen molar-refractivity contribution in [2.75, 3.05) is 9.80 Å². The van der Waals surface area contributed by atoms with E-state index < -0.39 is 0 Å². The Morgan fingerprint density at radius 3 is 1.14 bits per heavy atom. The molecular weight excluding hydrogens is 773 g/mol. The fraction of sp³-hybridized carbons (Fsp3) is 0.0645. The number of hydrogen-bond donors (Lipinski definition) is 0. The van der Waals surface area contributed by atoms with Gasteiger partial charge in [0.15, 0.2) is 0 Å². The molecule has 10 rings (SSSR count). The van der Waals surface area contributed by atoms with Crippen LogP contribution in [0.25, 0.3) is 44.5 Å². The van der Waals surface area contributed by atoms with Crippen LogP contribution in [0.4, 0.5) is 28.4 Å². The largest absolute Gasteiger partial charge is 0.311 e. The standard InChI is InChI=1S/C62H50N2/c1-45-13-12-20-55(43-45)53-29-40-61(41-30-53)64(60-38-25-52(26-39-60)49-18-10-5-11-19-49)62-42-31-56(44-46(62)2)54-27-36-59(37-28-54)63(57-32-21-50(22-33-57)47-14-6-3-7-15-47)58-34-23-51(24-35-58)48-16-8-4-9-17-48/h3-12,14-43,45H,2,13,44H2,1H3. The highest BCUT2D eigenvalue weighted by Crippen LogP contribution is 2.42. The monoisotopic (exact) mass is 822 g/mol. The second kappa shape index (κ2) is 18.2. The van der Waals surface area contributed by atoms with Gasteiger partial charge in [0.2, 0.25) is 0 Å². The number of benzene rings is 8. The van der Waals surface area contributed by atoms with Gasteiger partial charge in [-0.25, -0.2) is 0 Å². The smallest absolute Gasteiger partial charge is 0.0491 e. The maximum atomic E-state index is 4.71. The summed E-state index contributed by atoms with van der Waals surface area (Å²) in [4.78, 5) is 4.70. The normalized spacial score (nSPS) is 14.6. The highest BCUT2D eigenvalue weighted by molar-refractivity contribution is 5.84. The van der Waals surface area contributed by atoms with E-state index in [0.717, 1.165) is 52.5 Å². The molecular formula is C62H50N2. The Kier molecular flexibility index (Phi) is 11.4. The van der Waals surface area contributed by atoms with Gasteiger partial charge in [-0.1, -0.05) is 189 Å². The van der Waals surface area contributed by atoms with Gasteiger partial charge in [0.1, 0.15) is 0 Å². The summed E-state index contributed by atoms with van der Waals surface area (Å²) in [6.45, 7) is 6.99. The first-order valence-corrected chi connectivity index (χ1v) is 22.3. The van der Waals surface area contributed by atoms with Crippen molar-refractivity contribution in [3.05, 3.63) is 272 Å². The van der Waals surface area contributed by atoms with Crippen molar-refractivity contribution in [3.8, 4) is 33.4 Å². The maximum absolute atomic E-state index is 4.71. The summed E-state index contributed by atoms with van der Waals surface area (Å²) in [5, 5.41) is 0. The number of hydrogen-bond acceptors (Lipinski definition) is 2. The van der Waals surface area contributed by atoms with Crippen LogP contribution in [0, 0.1) is 5.92 Å². The molecule has 8 aromatic rings. The molecule has 0 bridgehead atoms. The predicted octanol–water partition coefficient (Wildman–Crippen LogP) is 17.2. The first-order valence-electron chi connectivity index (χ1n) is 22.3. The molecule has 0 saturated heterocycles. The van der Waals surface area contributed by atoms with E-state index >= 15 is 0 Å². The van der Waals surface area contributed by atoms with Crippen molar-refractivity contribution in [2.45, 2.75) is 19.8 Å². The quantitative estimate of drug-likeness (QED) is 0.128. The molecule has 1 atom stereocenters. The summed E-state index contributed by atoms with van der Waals surface area (Å²) in [6.07, 6.45) is 13.3. The lowest BCUT2D eigenvalue weighted by molar-refractivity contribution is 0.740. The molecule has 2 aliphatic carbocycles. The number of anilines is 5. The van der Waals surface area contributed by atoms with E-state index in [0.29, 0.717) is 5.92 Å². The molecule has 2 aliphatic rings. The summed E-state index contributed by atoms with van der Waals surface area (Å²) >= 11 is 0. The molecule has 2 heteroatoms. The average molecular weight is 823 g/mol. The van der Waals surface area contributed by atoms with Crippen molar-refractivity contribution in [3.63, 3.8) is 0 Å². The van der Waals surface area contributed by atoms with Gasteiger partial charge in [-0.05, 0) is 147 Å². The summed E-state index contributed by atoms with van der Waals surface area (Å²) in [6, 6.07) is 76.3. The molecule has 0 radical (unpaired) electrons. The molecule has 0 N–H and O–H groups in total. The van der Waals surface area contributed by atoms with E-state index in [1.807, 2.05) is 0 Å². The molecule has 0 spiro atoms. The molecule has 308 valence electrons. The van der Waals surface area contributed by atoms with Crippen molar-refractivity contribution >= 4 is 39.6 Å². The van der Waals surface area contributed by atoms with Crippen molar-refractivity contribution in [2.24, 2.45) is 5.92 Å². The van der Waals surface area contributed by atoms with Crippen LogP contribution in [0.1, 0.15) is 30.9 Å². The van der Waals surface area contributed by atoms with Gasteiger partial charge in [0.05, 0.1) is 0 Å².